The van der Waals surface area contributed by atoms with E-state index in [0.29, 0.717) is 0 Å². The van der Waals surface area contributed by atoms with Gasteiger partial charge in [-0.3, -0.25) is 0 Å². The van der Waals surface area contributed by atoms with Gasteiger partial charge >= 0.3 is 0 Å². The van der Waals surface area contributed by atoms with Gasteiger partial charge in [-0.15, -0.1) is 0 Å². The van der Waals surface area contributed by atoms with Gasteiger partial charge in [-0.05, 0) is 113 Å². The predicted octanol–water partition coefficient (Wildman–Crippen LogP) is 15.4. The molecule has 0 aliphatic heterocycles. The van der Waals surface area contributed by atoms with Crippen LogP contribution < -0.4 is 4.90 Å². The number of benzene rings is 8. The first-order chi connectivity index (χ1) is 29.2. The zero-order valence-corrected chi connectivity index (χ0v) is 32.5. The van der Waals surface area contributed by atoms with Gasteiger partial charge in [-0.2, -0.15) is 0 Å². The molecule has 11 aromatic rings. The third-order valence-electron chi connectivity index (χ3n) is 12.3. The molecule has 3 aromatic heterocycles. The molecule has 0 unspecified atom stereocenters. The van der Waals surface area contributed by atoms with E-state index < -0.39 is 0 Å². The molecule has 0 saturated carbocycles. The average molecular weight is 759 g/mol. The van der Waals surface area contributed by atoms with E-state index in [9.17, 15) is 0 Å². The monoisotopic (exact) mass is 758 g/mol. The number of rotatable bonds is 6. The molecule has 0 saturated heterocycles. The summed E-state index contributed by atoms with van der Waals surface area (Å²) in [6, 6.07) is 62.9. The number of allylic oxidation sites excluding steroid dienone is 4. The third kappa shape index (κ3) is 5.37. The Hall–Kier alpha value is -7.56. The molecular weight excluding hydrogens is 721 g/mol. The second-order valence-electron chi connectivity index (χ2n) is 15.6. The largest absolute Gasteiger partial charge is 0.452 e. The van der Waals surface area contributed by atoms with Gasteiger partial charge in [0.15, 0.2) is 11.2 Å². The van der Waals surface area contributed by atoms with E-state index >= 15 is 0 Å². The number of nitrogens with zero attached hydrogens (tertiary/aromatic N) is 2. The SMILES string of the molecule is CN(c1cccc(-c2ccc3c(c2)oc2c3ccc3c4ccc(C5=CC(n6c7ccccc7c7ccccc76)=CCC5)cc4oc32)c1)c1ccccc1-c1ccccc1. The maximum Gasteiger partial charge on any atom is 0.178 e. The summed E-state index contributed by atoms with van der Waals surface area (Å²) in [5.74, 6) is 0. The molecule has 1 aliphatic carbocycles. The van der Waals surface area contributed by atoms with Gasteiger partial charge in [0.05, 0.1) is 11.0 Å². The molecule has 59 heavy (non-hydrogen) atoms. The van der Waals surface area contributed by atoms with Gasteiger partial charge in [0.2, 0.25) is 0 Å². The number of hydrogen-bond acceptors (Lipinski definition) is 3. The van der Waals surface area contributed by atoms with Crippen molar-refractivity contribution in [3.8, 4) is 22.3 Å². The van der Waals surface area contributed by atoms with E-state index in [1.54, 1.807) is 0 Å². The molecule has 0 fully saturated rings. The Morgan fingerprint density at radius 1 is 0.475 bits per heavy atom. The lowest BCUT2D eigenvalue weighted by Crippen LogP contribution is -2.10. The molecule has 1 aliphatic rings. The van der Waals surface area contributed by atoms with Crippen LogP contribution in [0.4, 0.5) is 11.4 Å². The normalized spacial score (nSPS) is 13.2. The van der Waals surface area contributed by atoms with Gasteiger partial charge in [-0.25, -0.2) is 0 Å². The van der Waals surface area contributed by atoms with Crippen molar-refractivity contribution in [2.75, 3.05) is 11.9 Å². The Balaban J connectivity index is 0.896. The van der Waals surface area contributed by atoms with Crippen molar-refractivity contribution in [1.82, 2.24) is 4.57 Å². The molecule has 0 atom stereocenters. The lowest BCUT2D eigenvalue weighted by Gasteiger charge is -2.23. The summed E-state index contributed by atoms with van der Waals surface area (Å²) in [5.41, 5.74) is 16.3. The summed E-state index contributed by atoms with van der Waals surface area (Å²) in [7, 11) is 2.14. The molecule has 4 heteroatoms. The number of furan rings is 2. The smallest absolute Gasteiger partial charge is 0.178 e. The second-order valence-corrected chi connectivity index (χ2v) is 15.6. The lowest BCUT2D eigenvalue weighted by molar-refractivity contribution is 0.633. The Morgan fingerprint density at radius 2 is 1.05 bits per heavy atom. The van der Waals surface area contributed by atoms with Crippen LogP contribution in [-0.4, -0.2) is 11.6 Å². The summed E-state index contributed by atoms with van der Waals surface area (Å²) in [5, 5.41) is 6.85. The minimum atomic E-state index is 0.784. The van der Waals surface area contributed by atoms with Gasteiger partial charge < -0.3 is 18.3 Å². The van der Waals surface area contributed by atoms with E-state index in [2.05, 4.69) is 205 Å². The van der Waals surface area contributed by atoms with Crippen LogP contribution in [0.2, 0.25) is 0 Å². The van der Waals surface area contributed by atoms with Crippen LogP contribution in [0.3, 0.4) is 0 Å². The topological polar surface area (TPSA) is 34.5 Å². The molecule has 0 spiro atoms. The quantitative estimate of drug-likeness (QED) is 0.169. The standard InChI is InChI=1S/C55H38N2O2/c1-56(49-22-8-5-19-42(49)35-13-3-2-4-14-35)40-17-11-15-36(31-40)38-25-27-45-47-29-30-48-46-28-26-39(34-53(46)59-55(48)54(47)58-52(45)33-38)37-16-12-18-41(32-37)57-50-23-9-6-20-43(50)44-21-7-10-24-51(44)57/h2-11,13-15,17-34H,12,16H2,1H3. The maximum atomic E-state index is 6.74. The molecule has 0 bridgehead atoms. The number of fused-ring (bicyclic) bond motifs is 10. The van der Waals surface area contributed by atoms with Gasteiger partial charge in [0.25, 0.3) is 0 Å². The molecule has 4 nitrogen and oxygen atoms in total. The molecule has 12 rings (SSSR count). The van der Waals surface area contributed by atoms with Crippen LogP contribution in [-0.2, 0) is 0 Å². The van der Waals surface area contributed by atoms with E-state index in [0.717, 1.165) is 79.2 Å². The average Bonchev–Trinajstić information content (AvgIpc) is 3.98. The van der Waals surface area contributed by atoms with Crippen molar-refractivity contribution in [3.05, 3.63) is 194 Å². The highest BCUT2D eigenvalue weighted by molar-refractivity contribution is 6.19. The fraction of sp³-hybridized carbons (Fsp3) is 0.0545. The van der Waals surface area contributed by atoms with Crippen LogP contribution in [0.5, 0.6) is 0 Å². The first-order valence-corrected chi connectivity index (χ1v) is 20.4. The van der Waals surface area contributed by atoms with Crippen molar-refractivity contribution < 1.29 is 8.83 Å². The van der Waals surface area contributed by atoms with Crippen molar-refractivity contribution in [3.63, 3.8) is 0 Å². The Bertz CT molecular complexity index is 3470. The molecule has 3 heterocycles. The number of hydrogen-bond donors (Lipinski definition) is 0. The molecular formula is C55H38N2O2. The minimum absolute atomic E-state index is 0.784. The Labute approximate surface area is 341 Å². The second kappa shape index (κ2) is 13.3. The highest BCUT2D eigenvalue weighted by Gasteiger charge is 2.20. The van der Waals surface area contributed by atoms with E-state index in [1.807, 2.05) is 0 Å². The van der Waals surface area contributed by atoms with Crippen molar-refractivity contribution in [2.45, 2.75) is 12.8 Å². The van der Waals surface area contributed by atoms with Crippen molar-refractivity contribution in [1.29, 1.82) is 0 Å². The van der Waals surface area contributed by atoms with Crippen molar-refractivity contribution in [2.24, 2.45) is 0 Å². The first kappa shape index (κ1) is 33.6. The van der Waals surface area contributed by atoms with Crippen LogP contribution >= 0.6 is 0 Å². The van der Waals surface area contributed by atoms with Crippen LogP contribution in [0, 0.1) is 0 Å². The van der Waals surface area contributed by atoms with Gasteiger partial charge in [0, 0.05) is 62.0 Å². The van der Waals surface area contributed by atoms with E-state index in [-0.39, 0.29) is 0 Å². The molecule has 0 amide bonds. The van der Waals surface area contributed by atoms with Crippen LogP contribution in [0.1, 0.15) is 18.4 Å². The lowest BCUT2D eigenvalue weighted by atomic mass is 9.95. The van der Waals surface area contributed by atoms with E-state index in [1.165, 1.54) is 49.8 Å². The summed E-state index contributed by atoms with van der Waals surface area (Å²) in [4.78, 5) is 2.27. The highest BCUT2D eigenvalue weighted by Crippen LogP contribution is 2.42. The van der Waals surface area contributed by atoms with Crippen LogP contribution in [0.25, 0.3) is 99.2 Å². The Kier molecular flexibility index (Phi) is 7.54. The number of aromatic nitrogens is 1. The molecule has 8 aromatic carbocycles. The summed E-state index contributed by atoms with van der Waals surface area (Å²) >= 11 is 0. The zero-order valence-electron chi connectivity index (χ0n) is 32.5. The first-order valence-electron chi connectivity index (χ1n) is 20.4. The zero-order chi connectivity index (χ0) is 39.0. The minimum Gasteiger partial charge on any atom is -0.452 e. The molecule has 0 N–H and O–H groups in total. The van der Waals surface area contributed by atoms with Gasteiger partial charge in [-0.1, -0.05) is 115 Å². The fourth-order valence-electron chi connectivity index (χ4n) is 9.38. The molecule has 0 radical (unpaired) electrons. The third-order valence-corrected chi connectivity index (χ3v) is 12.3. The Morgan fingerprint density at radius 3 is 1.78 bits per heavy atom. The maximum absolute atomic E-state index is 6.74. The van der Waals surface area contributed by atoms with Gasteiger partial charge in [0.1, 0.15) is 11.2 Å². The van der Waals surface area contributed by atoms with Crippen LogP contribution in [0.15, 0.2) is 197 Å². The van der Waals surface area contributed by atoms with Crippen molar-refractivity contribution >= 4 is 88.3 Å². The number of anilines is 2. The fourth-order valence-corrected chi connectivity index (χ4v) is 9.38. The highest BCUT2D eigenvalue weighted by atomic mass is 16.4. The van der Waals surface area contributed by atoms with E-state index in [4.69, 9.17) is 8.83 Å². The summed E-state index contributed by atoms with van der Waals surface area (Å²) in [6.45, 7) is 0. The predicted molar refractivity (Wildman–Crippen MR) is 247 cm³/mol. The summed E-state index contributed by atoms with van der Waals surface area (Å²) in [6.07, 6.45) is 6.68. The number of para-hydroxylation sites is 3. The molecule has 280 valence electrons. The summed E-state index contributed by atoms with van der Waals surface area (Å²) < 4.78 is 15.9.